The smallest absolute Gasteiger partial charge is 0.261 e. The minimum Gasteiger partial charge on any atom is -0.506 e. The molecule has 1 aromatic carbocycles. The van der Waals surface area contributed by atoms with Crippen molar-refractivity contribution in [2.45, 2.75) is 6.42 Å². The number of hydrogen-bond donors (Lipinski definition) is 3. The van der Waals surface area contributed by atoms with E-state index in [1.807, 2.05) is 0 Å². The lowest BCUT2D eigenvalue weighted by atomic mass is 10.1. The van der Waals surface area contributed by atoms with Crippen LogP contribution in [0.5, 0.6) is 5.75 Å². The summed E-state index contributed by atoms with van der Waals surface area (Å²) in [6, 6.07) is 6.67. The number of aromatic hydroxyl groups is 1. The van der Waals surface area contributed by atoms with Gasteiger partial charge >= 0.3 is 0 Å². The number of phenolic OH excluding ortho intramolecular Hbond substituents is 1. The number of nitrogens with one attached hydrogen (secondary N) is 1. The number of hydrogen-bond acceptors (Lipinski definition) is 4. The highest BCUT2D eigenvalue weighted by Crippen LogP contribution is 2.29. The Morgan fingerprint density at radius 3 is 2.89 bits per heavy atom. The van der Waals surface area contributed by atoms with Crippen LogP contribution in [-0.2, 0) is 6.42 Å². The predicted octanol–water partition coefficient (Wildman–Crippen LogP) is 0.960. The van der Waals surface area contributed by atoms with Crippen LogP contribution >= 0.6 is 0 Å². The van der Waals surface area contributed by atoms with Gasteiger partial charge in [-0.3, -0.25) is 4.79 Å². The number of benzene rings is 1. The van der Waals surface area contributed by atoms with Crippen LogP contribution in [0.2, 0.25) is 0 Å². The fourth-order valence-corrected chi connectivity index (χ4v) is 2.15. The van der Waals surface area contributed by atoms with Gasteiger partial charge in [0, 0.05) is 12.1 Å². The Labute approximate surface area is 109 Å². The van der Waals surface area contributed by atoms with Crippen LogP contribution in [0.1, 0.15) is 16.1 Å². The third-order valence-electron chi connectivity index (χ3n) is 3.00. The number of carbonyl (C=O) groups excluding carboxylic acids is 1. The summed E-state index contributed by atoms with van der Waals surface area (Å²) < 4.78 is 1.37. The van der Waals surface area contributed by atoms with Crippen LogP contribution in [0.25, 0.3) is 5.69 Å². The van der Waals surface area contributed by atoms with Crippen molar-refractivity contribution < 1.29 is 9.90 Å². The Morgan fingerprint density at radius 2 is 2.16 bits per heavy atom. The molecule has 0 spiro atoms. The lowest BCUT2D eigenvalue weighted by Crippen LogP contribution is -2.29. The van der Waals surface area contributed by atoms with Crippen LogP contribution in [0.4, 0.5) is 5.82 Å². The van der Waals surface area contributed by atoms with Gasteiger partial charge in [0.05, 0.1) is 5.69 Å². The van der Waals surface area contributed by atoms with E-state index in [0.29, 0.717) is 29.1 Å². The van der Waals surface area contributed by atoms with Crippen molar-refractivity contribution in [1.82, 2.24) is 15.1 Å². The Bertz CT molecular complexity index is 703. The second kappa shape index (κ2) is 3.88. The van der Waals surface area contributed by atoms with Crippen molar-refractivity contribution >= 4 is 11.7 Å². The van der Waals surface area contributed by atoms with Crippen molar-refractivity contribution in [3.8, 4) is 11.4 Å². The second-order valence-corrected chi connectivity index (χ2v) is 4.34. The van der Waals surface area contributed by atoms with Crippen LogP contribution < -0.4 is 11.1 Å². The average Bonchev–Trinajstić information content (AvgIpc) is 2.67. The van der Waals surface area contributed by atoms with Crippen molar-refractivity contribution in [3.63, 3.8) is 0 Å². The molecule has 0 fully saturated rings. The summed E-state index contributed by atoms with van der Waals surface area (Å²) in [5.74, 6) is -0.0554. The normalized spacial score (nSPS) is 14.1. The van der Waals surface area contributed by atoms with Crippen LogP contribution in [-0.4, -0.2) is 20.8 Å². The van der Waals surface area contributed by atoms with E-state index in [2.05, 4.69) is 17.0 Å². The fraction of sp³-hybridized carbons (Fsp3) is 0.0769. The SMILES string of the molecule is C=C1Cc2nn(-c3ccccc3O)c(N)c2C(=O)N1. The summed E-state index contributed by atoms with van der Waals surface area (Å²) >= 11 is 0. The minimum absolute atomic E-state index is 0.0493. The monoisotopic (exact) mass is 256 g/mol. The molecular formula is C13H12N4O2. The van der Waals surface area contributed by atoms with Gasteiger partial charge in [0.15, 0.2) is 0 Å². The Balaban J connectivity index is 2.21. The van der Waals surface area contributed by atoms with Gasteiger partial charge < -0.3 is 16.2 Å². The van der Waals surface area contributed by atoms with E-state index in [1.165, 1.54) is 10.7 Å². The topological polar surface area (TPSA) is 93.2 Å². The highest BCUT2D eigenvalue weighted by atomic mass is 16.3. The van der Waals surface area contributed by atoms with Crippen LogP contribution in [0.15, 0.2) is 36.5 Å². The number of rotatable bonds is 1. The van der Waals surface area contributed by atoms with E-state index in [0.717, 1.165) is 0 Å². The molecule has 1 amide bonds. The summed E-state index contributed by atoms with van der Waals surface area (Å²) in [6.45, 7) is 3.72. The molecule has 0 aliphatic carbocycles. The number of nitrogens with zero attached hydrogens (tertiary/aromatic N) is 2. The van der Waals surface area contributed by atoms with Crippen molar-refractivity contribution in [2.24, 2.45) is 0 Å². The van der Waals surface area contributed by atoms with Crippen LogP contribution in [0, 0.1) is 0 Å². The van der Waals surface area contributed by atoms with Crippen molar-refractivity contribution in [2.75, 3.05) is 5.73 Å². The highest BCUT2D eigenvalue weighted by Gasteiger charge is 2.28. The number of allylic oxidation sites excluding steroid dienone is 1. The molecule has 96 valence electrons. The van der Waals surface area contributed by atoms with Crippen molar-refractivity contribution in [3.05, 3.63) is 47.8 Å². The van der Waals surface area contributed by atoms with Crippen LogP contribution in [0.3, 0.4) is 0 Å². The molecule has 0 saturated carbocycles. The number of carbonyl (C=O) groups is 1. The summed E-state index contributed by atoms with van der Waals surface area (Å²) in [5, 5.41) is 16.8. The third-order valence-corrected chi connectivity index (χ3v) is 3.00. The number of para-hydroxylation sites is 2. The molecule has 0 bridgehead atoms. The molecule has 4 N–H and O–H groups in total. The lowest BCUT2D eigenvalue weighted by molar-refractivity contribution is 0.0960. The first kappa shape index (κ1) is 11.3. The molecule has 0 unspecified atom stereocenters. The fourth-order valence-electron chi connectivity index (χ4n) is 2.15. The van der Waals surface area contributed by atoms with E-state index < -0.39 is 0 Å². The predicted molar refractivity (Wildman–Crippen MR) is 70.0 cm³/mol. The minimum atomic E-state index is -0.314. The molecule has 6 heteroatoms. The standard InChI is InChI=1S/C13H12N4O2/c1-7-6-8-11(13(19)15-7)12(14)17(16-8)9-4-2-3-5-10(9)18/h2-5,18H,1,6,14H2,(H,15,19). The zero-order chi connectivity index (χ0) is 13.6. The number of nitrogens with two attached hydrogens (primary N) is 1. The maximum absolute atomic E-state index is 11.9. The van der Waals surface area contributed by atoms with Gasteiger partial charge in [-0.25, -0.2) is 4.68 Å². The maximum Gasteiger partial charge on any atom is 0.261 e. The zero-order valence-electron chi connectivity index (χ0n) is 10.1. The summed E-state index contributed by atoms with van der Waals surface area (Å²) in [6.07, 6.45) is 0.436. The van der Waals surface area contributed by atoms with Gasteiger partial charge in [0.2, 0.25) is 0 Å². The van der Waals surface area contributed by atoms with Crippen molar-refractivity contribution in [1.29, 1.82) is 0 Å². The van der Waals surface area contributed by atoms with E-state index in [1.54, 1.807) is 18.2 Å². The summed E-state index contributed by atoms with van der Waals surface area (Å²) in [5.41, 5.74) is 7.89. The first-order chi connectivity index (χ1) is 9.08. The van der Waals surface area contributed by atoms with E-state index >= 15 is 0 Å². The van der Waals surface area contributed by atoms with Gasteiger partial charge in [-0.1, -0.05) is 18.7 Å². The second-order valence-electron chi connectivity index (χ2n) is 4.34. The molecule has 6 nitrogen and oxygen atoms in total. The lowest BCUT2D eigenvalue weighted by Gasteiger charge is -2.13. The zero-order valence-corrected chi connectivity index (χ0v) is 10.1. The van der Waals surface area contributed by atoms with Gasteiger partial charge in [-0.15, -0.1) is 0 Å². The quantitative estimate of drug-likeness (QED) is 0.708. The van der Waals surface area contributed by atoms with E-state index in [4.69, 9.17) is 5.73 Å². The molecule has 3 rings (SSSR count). The molecule has 1 aliphatic rings. The number of amides is 1. The molecule has 0 saturated heterocycles. The molecule has 2 aromatic rings. The number of phenols is 1. The average molecular weight is 256 g/mol. The van der Waals surface area contributed by atoms with Gasteiger partial charge in [-0.2, -0.15) is 5.10 Å². The molecule has 1 aliphatic heterocycles. The Morgan fingerprint density at radius 1 is 1.42 bits per heavy atom. The van der Waals surface area contributed by atoms with Gasteiger partial charge in [0.1, 0.15) is 22.8 Å². The largest absolute Gasteiger partial charge is 0.506 e. The number of aromatic nitrogens is 2. The summed E-state index contributed by atoms with van der Waals surface area (Å²) in [7, 11) is 0. The third kappa shape index (κ3) is 1.65. The number of anilines is 1. The molecule has 2 heterocycles. The Hall–Kier alpha value is -2.76. The Kier molecular flexibility index (Phi) is 2.31. The van der Waals surface area contributed by atoms with Gasteiger partial charge in [0.25, 0.3) is 5.91 Å². The first-order valence-electron chi connectivity index (χ1n) is 5.73. The summed E-state index contributed by atoms with van der Waals surface area (Å²) in [4.78, 5) is 11.9. The maximum atomic E-state index is 11.9. The van der Waals surface area contributed by atoms with Gasteiger partial charge in [-0.05, 0) is 12.1 Å². The molecule has 1 aromatic heterocycles. The van der Waals surface area contributed by atoms with E-state index in [-0.39, 0.29) is 17.5 Å². The molecular weight excluding hydrogens is 244 g/mol. The molecule has 19 heavy (non-hydrogen) atoms. The highest BCUT2D eigenvalue weighted by molar-refractivity contribution is 6.02. The number of nitrogen functional groups attached to an aromatic ring is 1. The first-order valence-corrected chi connectivity index (χ1v) is 5.73. The molecule has 0 atom stereocenters. The van der Waals surface area contributed by atoms with E-state index in [9.17, 15) is 9.90 Å². The number of fused-ring (bicyclic) bond motifs is 1. The molecule has 0 radical (unpaired) electrons.